The molecule has 26 heavy (non-hydrogen) atoms. The highest BCUT2D eigenvalue weighted by Crippen LogP contribution is 2.26. The second-order valence-electron chi connectivity index (χ2n) is 7.75. The molecule has 7 nitrogen and oxygen atoms in total. The van der Waals surface area contributed by atoms with Gasteiger partial charge in [0.2, 0.25) is 5.91 Å². The Morgan fingerprint density at radius 1 is 1.27 bits per heavy atom. The molecule has 3 rings (SSSR count). The molecular weight excluding hydrogens is 328 g/mol. The molecule has 142 valence electrons. The van der Waals surface area contributed by atoms with Gasteiger partial charge in [-0.2, -0.15) is 5.10 Å². The van der Waals surface area contributed by atoms with Crippen LogP contribution in [0, 0.1) is 0 Å². The lowest BCUT2D eigenvalue weighted by Gasteiger charge is -2.33. The van der Waals surface area contributed by atoms with Crippen molar-refractivity contribution >= 4 is 5.91 Å². The van der Waals surface area contributed by atoms with Crippen molar-refractivity contribution in [2.24, 2.45) is 0 Å². The van der Waals surface area contributed by atoms with Crippen LogP contribution in [0.4, 0.5) is 0 Å². The third-order valence-corrected chi connectivity index (χ3v) is 4.77. The van der Waals surface area contributed by atoms with Gasteiger partial charge in [-0.1, -0.05) is 0 Å². The quantitative estimate of drug-likeness (QED) is 0.860. The van der Waals surface area contributed by atoms with Crippen molar-refractivity contribution in [2.45, 2.75) is 72.3 Å². The lowest BCUT2D eigenvalue weighted by molar-refractivity contribution is -0.120. The minimum atomic E-state index is 0.0288. The maximum Gasteiger partial charge on any atom is 0.226 e. The van der Waals surface area contributed by atoms with Gasteiger partial charge in [-0.05, 0) is 34.6 Å². The third kappa shape index (κ3) is 4.15. The molecule has 7 heteroatoms. The monoisotopic (exact) mass is 358 g/mol. The van der Waals surface area contributed by atoms with Crippen LogP contribution in [-0.4, -0.2) is 42.7 Å². The normalized spacial score (nSPS) is 17.7. The van der Waals surface area contributed by atoms with Gasteiger partial charge in [0.15, 0.2) is 0 Å². The van der Waals surface area contributed by atoms with Crippen LogP contribution >= 0.6 is 0 Å². The first-order valence-electron chi connectivity index (χ1n) is 9.46. The highest BCUT2D eigenvalue weighted by Gasteiger charge is 2.27. The van der Waals surface area contributed by atoms with E-state index in [0.717, 1.165) is 31.2 Å². The number of nitrogens with one attached hydrogen (secondary N) is 1. The van der Waals surface area contributed by atoms with Gasteiger partial charge in [-0.15, -0.1) is 0 Å². The molecule has 1 amide bonds. The number of aromatic nitrogens is 4. The maximum atomic E-state index is 12.0. The maximum absolute atomic E-state index is 12.0. The van der Waals surface area contributed by atoms with E-state index in [1.165, 1.54) is 5.56 Å². The Balaban J connectivity index is 1.67. The molecule has 1 atom stereocenters. The van der Waals surface area contributed by atoms with E-state index in [9.17, 15) is 4.79 Å². The Hall–Kier alpha value is -2.15. The predicted octanol–water partition coefficient (Wildman–Crippen LogP) is 2.30. The molecule has 0 aromatic carbocycles. The summed E-state index contributed by atoms with van der Waals surface area (Å²) in [4.78, 5) is 19.2. The van der Waals surface area contributed by atoms with Crippen LogP contribution in [-0.2, 0) is 24.3 Å². The first-order valence-corrected chi connectivity index (χ1v) is 9.46. The van der Waals surface area contributed by atoms with Crippen LogP contribution < -0.4 is 5.32 Å². The van der Waals surface area contributed by atoms with Crippen molar-refractivity contribution < 1.29 is 4.79 Å². The lowest BCUT2D eigenvalue weighted by Crippen LogP contribution is -2.36. The van der Waals surface area contributed by atoms with E-state index in [1.807, 2.05) is 30.9 Å². The smallest absolute Gasteiger partial charge is 0.226 e. The summed E-state index contributed by atoms with van der Waals surface area (Å²) in [6, 6.07) is 0.745. The minimum Gasteiger partial charge on any atom is -0.354 e. The van der Waals surface area contributed by atoms with E-state index >= 15 is 0 Å². The number of rotatable bonds is 6. The van der Waals surface area contributed by atoms with Crippen molar-refractivity contribution in [3.05, 3.63) is 35.7 Å². The molecule has 1 aliphatic heterocycles. The summed E-state index contributed by atoms with van der Waals surface area (Å²) in [7, 11) is 0. The van der Waals surface area contributed by atoms with Gasteiger partial charge in [0.05, 0.1) is 24.4 Å². The molecule has 3 heterocycles. The molecule has 1 aliphatic rings. The molecule has 2 aromatic heterocycles. The number of carbonyl (C=O) groups excluding carboxylic acids is 1. The van der Waals surface area contributed by atoms with Gasteiger partial charge in [0.1, 0.15) is 5.82 Å². The molecule has 1 N–H and O–H groups in total. The second-order valence-corrected chi connectivity index (χ2v) is 7.75. The van der Waals surface area contributed by atoms with Gasteiger partial charge in [-0.3, -0.25) is 14.4 Å². The summed E-state index contributed by atoms with van der Waals surface area (Å²) < 4.78 is 4.19. The van der Waals surface area contributed by atoms with Crippen molar-refractivity contribution in [1.29, 1.82) is 0 Å². The summed E-state index contributed by atoms with van der Waals surface area (Å²) in [5, 5.41) is 7.36. The number of amides is 1. The zero-order valence-electron chi connectivity index (χ0n) is 16.4. The van der Waals surface area contributed by atoms with Crippen molar-refractivity contribution in [3.63, 3.8) is 0 Å². The van der Waals surface area contributed by atoms with Crippen molar-refractivity contribution in [3.8, 4) is 0 Å². The van der Waals surface area contributed by atoms with Gasteiger partial charge < -0.3 is 9.88 Å². The van der Waals surface area contributed by atoms with Crippen molar-refractivity contribution in [2.75, 3.05) is 6.54 Å². The van der Waals surface area contributed by atoms with E-state index < -0.39 is 0 Å². The highest BCUT2D eigenvalue weighted by atomic mass is 16.1. The topological polar surface area (TPSA) is 68.0 Å². The summed E-state index contributed by atoms with van der Waals surface area (Å²) in [5.74, 6) is 1.07. The Labute approximate surface area is 155 Å². The molecule has 0 saturated carbocycles. The Morgan fingerprint density at radius 3 is 2.69 bits per heavy atom. The van der Waals surface area contributed by atoms with E-state index in [2.05, 4.69) is 46.9 Å². The zero-order valence-corrected chi connectivity index (χ0v) is 16.4. The second kappa shape index (κ2) is 7.61. The average molecular weight is 358 g/mol. The summed E-state index contributed by atoms with van der Waals surface area (Å²) >= 11 is 0. The van der Waals surface area contributed by atoms with Crippen LogP contribution in [0.25, 0.3) is 0 Å². The molecule has 0 radical (unpaired) electrons. The molecule has 0 unspecified atom stereocenters. The van der Waals surface area contributed by atoms with E-state index in [0.29, 0.717) is 12.5 Å². The zero-order chi connectivity index (χ0) is 18.8. The standard InChI is InChI=1S/C19H30N6O/c1-13(2)21-18(26)8-17-12-24-7-6-23(15(5)19(24)22-17)10-16-9-20-25(11-16)14(3)4/h9,11-15H,6-8,10H2,1-5H3,(H,21,26)/t15-/m1/s1. The summed E-state index contributed by atoms with van der Waals surface area (Å²) in [6.45, 7) is 13.1. The van der Waals surface area contributed by atoms with Gasteiger partial charge >= 0.3 is 0 Å². The highest BCUT2D eigenvalue weighted by molar-refractivity contribution is 5.78. The number of hydrogen-bond donors (Lipinski definition) is 1. The number of carbonyl (C=O) groups is 1. The fraction of sp³-hybridized carbons (Fsp3) is 0.632. The molecule has 2 aromatic rings. The minimum absolute atomic E-state index is 0.0288. The number of hydrogen-bond acceptors (Lipinski definition) is 4. The van der Waals surface area contributed by atoms with E-state index in [1.54, 1.807) is 0 Å². The number of fused-ring (bicyclic) bond motifs is 1. The first-order chi connectivity index (χ1) is 12.3. The average Bonchev–Trinajstić information content (AvgIpc) is 3.16. The van der Waals surface area contributed by atoms with Gasteiger partial charge in [0, 0.05) is 49.7 Å². The molecule has 0 spiro atoms. The number of imidazole rings is 1. The van der Waals surface area contributed by atoms with Crippen LogP contribution in [0.3, 0.4) is 0 Å². The Kier molecular flexibility index (Phi) is 5.46. The van der Waals surface area contributed by atoms with E-state index in [4.69, 9.17) is 4.98 Å². The van der Waals surface area contributed by atoms with E-state index in [-0.39, 0.29) is 18.0 Å². The van der Waals surface area contributed by atoms with Crippen LogP contribution in [0.15, 0.2) is 18.6 Å². The fourth-order valence-electron chi connectivity index (χ4n) is 3.41. The summed E-state index contributed by atoms with van der Waals surface area (Å²) in [6.07, 6.45) is 6.45. The molecule has 0 bridgehead atoms. The van der Waals surface area contributed by atoms with Crippen LogP contribution in [0.2, 0.25) is 0 Å². The lowest BCUT2D eigenvalue weighted by atomic mass is 10.2. The van der Waals surface area contributed by atoms with Gasteiger partial charge in [-0.25, -0.2) is 4.98 Å². The predicted molar refractivity (Wildman–Crippen MR) is 101 cm³/mol. The third-order valence-electron chi connectivity index (χ3n) is 4.77. The van der Waals surface area contributed by atoms with Crippen LogP contribution in [0.1, 0.15) is 63.8 Å². The van der Waals surface area contributed by atoms with Crippen LogP contribution in [0.5, 0.6) is 0 Å². The first kappa shape index (κ1) is 18.6. The number of nitrogens with zero attached hydrogens (tertiary/aromatic N) is 5. The SMILES string of the molecule is CC(C)NC(=O)Cc1cn2c(n1)[C@@H](C)N(Cc1cnn(C(C)C)c1)CC2. The molecular formula is C19H30N6O. The fourth-order valence-corrected chi connectivity index (χ4v) is 3.41. The molecule has 0 saturated heterocycles. The Bertz CT molecular complexity index is 760. The summed E-state index contributed by atoms with van der Waals surface area (Å²) in [5.41, 5.74) is 2.07. The largest absolute Gasteiger partial charge is 0.354 e. The molecule has 0 fully saturated rings. The van der Waals surface area contributed by atoms with Crippen molar-refractivity contribution in [1.82, 2.24) is 29.5 Å². The van der Waals surface area contributed by atoms with Gasteiger partial charge in [0.25, 0.3) is 0 Å². The Morgan fingerprint density at radius 2 is 2.04 bits per heavy atom. The molecule has 0 aliphatic carbocycles.